The van der Waals surface area contributed by atoms with Gasteiger partial charge >= 0.3 is 6.09 Å². The van der Waals surface area contributed by atoms with E-state index >= 15 is 0 Å². The van der Waals surface area contributed by atoms with Crippen LogP contribution in [0.5, 0.6) is 0 Å². The number of rotatable bonds is 6. The maximum atomic E-state index is 12.8. The number of hydrogen-bond acceptors (Lipinski definition) is 5. The van der Waals surface area contributed by atoms with Crippen molar-refractivity contribution in [2.75, 3.05) is 25.0 Å². The molecule has 0 spiro atoms. The Hall–Kier alpha value is -3.03. The standard InChI is InChI=1S/C26H29N3O3S/c1-3-32-26(31)29-15-13-20(14-16-29)28-33-24-12-11-23(21-9-4-5-10-22(21)24)27-25(30)19-8-6-7-18(2)17-19/h4-12,17,20,28H,3,13-16H2,1-2H3,(H,27,30). The van der Waals surface area contributed by atoms with Crippen molar-refractivity contribution in [3.8, 4) is 0 Å². The number of hydrogen-bond donors (Lipinski definition) is 2. The molecule has 172 valence electrons. The third kappa shape index (κ3) is 5.67. The first-order valence-corrected chi connectivity index (χ1v) is 12.1. The molecule has 3 aromatic rings. The van der Waals surface area contributed by atoms with Crippen molar-refractivity contribution in [3.63, 3.8) is 0 Å². The maximum Gasteiger partial charge on any atom is 0.409 e. The van der Waals surface area contributed by atoms with E-state index in [1.54, 1.807) is 16.8 Å². The van der Waals surface area contributed by atoms with Crippen LogP contribution in [0.1, 0.15) is 35.7 Å². The fraction of sp³-hybridized carbons (Fsp3) is 0.308. The first-order valence-electron chi connectivity index (χ1n) is 11.3. The van der Waals surface area contributed by atoms with Crippen LogP contribution in [0.25, 0.3) is 10.8 Å². The minimum atomic E-state index is -0.224. The van der Waals surface area contributed by atoms with Crippen LogP contribution < -0.4 is 10.0 Å². The fourth-order valence-electron chi connectivity index (χ4n) is 3.99. The van der Waals surface area contributed by atoms with Crippen molar-refractivity contribution in [2.24, 2.45) is 0 Å². The van der Waals surface area contributed by atoms with Gasteiger partial charge in [0.25, 0.3) is 5.91 Å². The Bertz CT molecular complexity index is 1140. The van der Waals surface area contributed by atoms with Gasteiger partial charge in [-0.05, 0) is 68.3 Å². The maximum absolute atomic E-state index is 12.8. The first-order chi connectivity index (χ1) is 16.0. The summed E-state index contributed by atoms with van der Waals surface area (Å²) in [5.74, 6) is -0.115. The zero-order valence-corrected chi connectivity index (χ0v) is 19.8. The Kier molecular flexibility index (Phi) is 7.52. The average Bonchev–Trinajstić information content (AvgIpc) is 2.84. The highest BCUT2D eigenvalue weighted by Gasteiger charge is 2.23. The molecule has 7 heteroatoms. The van der Waals surface area contributed by atoms with Gasteiger partial charge in [-0.15, -0.1) is 0 Å². The van der Waals surface area contributed by atoms with Crippen LogP contribution >= 0.6 is 11.9 Å². The molecule has 0 radical (unpaired) electrons. The summed E-state index contributed by atoms with van der Waals surface area (Å²) in [4.78, 5) is 27.5. The van der Waals surface area contributed by atoms with E-state index in [0.717, 1.165) is 39.8 Å². The lowest BCUT2D eigenvalue weighted by Crippen LogP contribution is -2.43. The van der Waals surface area contributed by atoms with Gasteiger partial charge in [-0.25, -0.2) is 4.79 Å². The van der Waals surface area contributed by atoms with E-state index in [4.69, 9.17) is 4.74 Å². The van der Waals surface area contributed by atoms with Gasteiger partial charge in [0.05, 0.1) is 6.61 Å². The number of nitrogens with zero attached hydrogens (tertiary/aromatic N) is 1. The number of ether oxygens (including phenoxy) is 1. The third-order valence-electron chi connectivity index (χ3n) is 5.77. The third-order valence-corrected chi connectivity index (χ3v) is 6.80. The highest BCUT2D eigenvalue weighted by Crippen LogP contribution is 2.32. The number of anilines is 1. The predicted molar refractivity (Wildman–Crippen MR) is 134 cm³/mol. The lowest BCUT2D eigenvalue weighted by molar-refractivity contribution is 0.0966. The van der Waals surface area contributed by atoms with E-state index in [1.165, 1.54) is 0 Å². The molecule has 1 saturated heterocycles. The molecule has 2 N–H and O–H groups in total. The largest absolute Gasteiger partial charge is 0.450 e. The number of carbonyl (C=O) groups is 2. The number of fused-ring (bicyclic) bond motifs is 1. The van der Waals surface area contributed by atoms with E-state index < -0.39 is 0 Å². The zero-order valence-electron chi connectivity index (χ0n) is 19.0. The van der Waals surface area contributed by atoms with Gasteiger partial charge in [-0.2, -0.15) is 0 Å². The van der Waals surface area contributed by atoms with Gasteiger partial charge in [0, 0.05) is 40.7 Å². The second-order valence-corrected chi connectivity index (χ2v) is 9.04. The van der Waals surface area contributed by atoms with Gasteiger partial charge < -0.3 is 15.0 Å². The molecule has 3 aromatic carbocycles. The topological polar surface area (TPSA) is 70.7 Å². The minimum Gasteiger partial charge on any atom is -0.450 e. The Labute approximate surface area is 198 Å². The summed E-state index contributed by atoms with van der Waals surface area (Å²) in [5, 5.41) is 5.16. The van der Waals surface area contributed by atoms with Crippen LogP contribution in [-0.2, 0) is 4.74 Å². The number of amides is 2. The summed E-state index contributed by atoms with van der Waals surface area (Å²) >= 11 is 1.60. The monoisotopic (exact) mass is 463 g/mol. The van der Waals surface area contributed by atoms with Crippen LogP contribution in [0, 0.1) is 6.92 Å². The fourth-order valence-corrected chi connectivity index (χ4v) is 4.95. The molecular weight excluding hydrogens is 434 g/mol. The van der Waals surface area contributed by atoms with Crippen molar-refractivity contribution < 1.29 is 14.3 Å². The van der Waals surface area contributed by atoms with E-state index in [1.807, 2.05) is 68.4 Å². The molecule has 33 heavy (non-hydrogen) atoms. The molecule has 6 nitrogen and oxygen atoms in total. The van der Waals surface area contributed by atoms with Crippen molar-refractivity contribution in [3.05, 3.63) is 71.8 Å². The second-order valence-electron chi connectivity index (χ2n) is 8.16. The predicted octanol–water partition coefficient (Wildman–Crippen LogP) is 5.62. The molecule has 1 aliphatic heterocycles. The Balaban J connectivity index is 1.43. The van der Waals surface area contributed by atoms with Gasteiger partial charge in [0.1, 0.15) is 0 Å². The first kappa shape index (κ1) is 23.1. The molecule has 1 heterocycles. The molecule has 0 unspecified atom stereocenters. The molecule has 1 fully saturated rings. The summed E-state index contributed by atoms with van der Waals surface area (Å²) in [5.41, 5.74) is 2.50. The number of piperidine rings is 1. The quantitative estimate of drug-likeness (QED) is 0.465. The molecule has 4 rings (SSSR count). The van der Waals surface area contributed by atoms with E-state index in [-0.39, 0.29) is 12.0 Å². The summed E-state index contributed by atoms with van der Waals surface area (Å²) in [6.07, 6.45) is 1.54. The van der Waals surface area contributed by atoms with Crippen molar-refractivity contribution in [2.45, 2.75) is 37.6 Å². The molecule has 0 atom stereocenters. The van der Waals surface area contributed by atoms with Crippen LogP contribution in [0.15, 0.2) is 65.6 Å². The SMILES string of the molecule is CCOC(=O)N1CCC(NSc2ccc(NC(=O)c3cccc(C)c3)c3ccccc23)CC1. The van der Waals surface area contributed by atoms with Gasteiger partial charge in [0.2, 0.25) is 0 Å². The Morgan fingerprint density at radius 1 is 1.03 bits per heavy atom. The van der Waals surface area contributed by atoms with Crippen LogP contribution in [-0.4, -0.2) is 42.6 Å². The number of benzene rings is 3. The van der Waals surface area contributed by atoms with Crippen molar-refractivity contribution in [1.29, 1.82) is 0 Å². The van der Waals surface area contributed by atoms with Crippen LogP contribution in [0.4, 0.5) is 10.5 Å². The smallest absolute Gasteiger partial charge is 0.409 e. The highest BCUT2D eigenvalue weighted by atomic mass is 32.2. The molecule has 0 aliphatic carbocycles. The molecule has 0 bridgehead atoms. The van der Waals surface area contributed by atoms with Gasteiger partial charge in [-0.1, -0.05) is 42.0 Å². The molecule has 2 amide bonds. The van der Waals surface area contributed by atoms with Crippen molar-refractivity contribution in [1.82, 2.24) is 9.62 Å². The lowest BCUT2D eigenvalue weighted by atomic mass is 10.1. The van der Waals surface area contributed by atoms with Gasteiger partial charge in [-0.3, -0.25) is 9.52 Å². The van der Waals surface area contributed by atoms with Crippen LogP contribution in [0.3, 0.4) is 0 Å². The summed E-state index contributed by atoms with van der Waals surface area (Å²) in [6, 6.07) is 20.0. The number of aryl methyl sites for hydroxylation is 1. The number of carbonyl (C=O) groups excluding carboxylic acids is 2. The average molecular weight is 464 g/mol. The van der Waals surface area contributed by atoms with E-state index in [2.05, 4.69) is 16.1 Å². The Morgan fingerprint density at radius 2 is 1.79 bits per heavy atom. The Morgan fingerprint density at radius 3 is 2.52 bits per heavy atom. The van der Waals surface area contributed by atoms with Gasteiger partial charge in [0.15, 0.2) is 0 Å². The minimum absolute atomic E-state index is 0.115. The highest BCUT2D eigenvalue weighted by molar-refractivity contribution is 7.97. The summed E-state index contributed by atoms with van der Waals surface area (Å²) < 4.78 is 8.66. The molecule has 0 saturated carbocycles. The molecular formula is C26H29N3O3S. The van der Waals surface area contributed by atoms with Crippen LogP contribution in [0.2, 0.25) is 0 Å². The summed E-state index contributed by atoms with van der Waals surface area (Å²) in [6.45, 7) is 5.60. The van der Waals surface area contributed by atoms with Crippen molar-refractivity contribution >= 4 is 40.4 Å². The second kappa shape index (κ2) is 10.7. The number of nitrogens with one attached hydrogen (secondary N) is 2. The van der Waals surface area contributed by atoms with E-state index in [0.29, 0.717) is 31.3 Å². The zero-order chi connectivity index (χ0) is 23.2. The number of likely N-dealkylation sites (tertiary alicyclic amines) is 1. The lowest BCUT2D eigenvalue weighted by Gasteiger charge is -2.31. The molecule has 1 aliphatic rings. The normalized spacial score (nSPS) is 14.3. The summed E-state index contributed by atoms with van der Waals surface area (Å²) in [7, 11) is 0. The van der Waals surface area contributed by atoms with E-state index in [9.17, 15) is 9.59 Å². The molecule has 0 aromatic heterocycles.